The minimum absolute atomic E-state index is 0.0799. The van der Waals surface area contributed by atoms with Gasteiger partial charge in [-0.25, -0.2) is 9.59 Å². The summed E-state index contributed by atoms with van der Waals surface area (Å²) in [6.45, 7) is 7.72. The van der Waals surface area contributed by atoms with E-state index in [2.05, 4.69) is 31.1 Å². The number of alkyl carbamates (subject to hydrolysis) is 1. The van der Waals surface area contributed by atoms with Gasteiger partial charge in [-0.1, -0.05) is 30.3 Å². The molecule has 1 aromatic heterocycles. The van der Waals surface area contributed by atoms with E-state index in [1.165, 1.54) is 31.4 Å². The molecule has 3 amide bonds. The molecule has 12 nitrogen and oxygen atoms in total. The van der Waals surface area contributed by atoms with Crippen molar-refractivity contribution in [3.8, 4) is 22.5 Å². The first kappa shape index (κ1) is 40.5. The number of aryl methyl sites for hydroxylation is 1. The molecule has 5 rings (SSSR count). The van der Waals surface area contributed by atoms with E-state index in [-0.39, 0.29) is 30.0 Å². The number of halogens is 3. The lowest BCUT2D eigenvalue weighted by Crippen LogP contribution is -2.48. The van der Waals surface area contributed by atoms with Gasteiger partial charge in [-0.15, -0.1) is 10.2 Å². The van der Waals surface area contributed by atoms with Gasteiger partial charge in [0.15, 0.2) is 5.82 Å². The zero-order chi connectivity index (χ0) is 39.9. The molecule has 0 aliphatic heterocycles. The van der Waals surface area contributed by atoms with Crippen molar-refractivity contribution in [2.24, 2.45) is 11.8 Å². The maximum Gasteiger partial charge on any atom is 0.451 e. The lowest BCUT2D eigenvalue weighted by Gasteiger charge is -2.29. The molecule has 1 aliphatic carbocycles. The number of methoxy groups -OCH3 is 1. The van der Waals surface area contributed by atoms with Crippen molar-refractivity contribution in [2.75, 3.05) is 19.0 Å². The number of nitrogens with zero attached hydrogens (tertiary/aromatic N) is 2. The van der Waals surface area contributed by atoms with Crippen molar-refractivity contribution in [1.29, 1.82) is 0 Å². The summed E-state index contributed by atoms with van der Waals surface area (Å²) in [5.41, 5.74) is 4.02. The van der Waals surface area contributed by atoms with Gasteiger partial charge in [0, 0.05) is 30.1 Å². The minimum Gasteiger partial charge on any atom is -0.465 e. The van der Waals surface area contributed by atoms with Crippen molar-refractivity contribution < 1.29 is 41.8 Å². The van der Waals surface area contributed by atoms with Gasteiger partial charge < -0.3 is 30.4 Å². The van der Waals surface area contributed by atoms with Crippen molar-refractivity contribution in [3.63, 3.8) is 0 Å². The highest BCUT2D eigenvalue weighted by molar-refractivity contribution is 5.98. The van der Waals surface area contributed by atoms with Crippen LogP contribution in [0.3, 0.4) is 0 Å². The maximum atomic E-state index is 13.8. The van der Waals surface area contributed by atoms with Gasteiger partial charge in [-0.3, -0.25) is 9.59 Å². The van der Waals surface area contributed by atoms with Crippen LogP contribution in [0.4, 0.5) is 23.7 Å². The Kier molecular flexibility index (Phi) is 12.6. The summed E-state index contributed by atoms with van der Waals surface area (Å²) in [5, 5.41) is 15.3. The lowest BCUT2D eigenvalue weighted by atomic mass is 9.81. The number of hydrogen-bond acceptors (Lipinski definition) is 8. The van der Waals surface area contributed by atoms with E-state index in [0.717, 1.165) is 22.3 Å². The van der Waals surface area contributed by atoms with Crippen LogP contribution in [0.15, 0.2) is 66.7 Å². The Bertz CT molecular complexity index is 1980. The highest BCUT2D eigenvalue weighted by Crippen LogP contribution is 2.30. The second kappa shape index (κ2) is 17.2. The fourth-order valence-electron chi connectivity index (χ4n) is 6.42. The minimum atomic E-state index is -4.67. The molecule has 0 bridgehead atoms. The number of rotatable bonds is 11. The second-order valence-electron chi connectivity index (χ2n) is 14.7. The number of amides is 3. The van der Waals surface area contributed by atoms with Crippen LogP contribution in [-0.4, -0.2) is 64.4 Å². The first-order valence-electron chi connectivity index (χ1n) is 18.0. The smallest absolute Gasteiger partial charge is 0.451 e. The van der Waals surface area contributed by atoms with Gasteiger partial charge in [0.2, 0.25) is 17.6 Å². The van der Waals surface area contributed by atoms with Crippen LogP contribution >= 0.6 is 0 Å². The van der Waals surface area contributed by atoms with Crippen LogP contribution in [0.1, 0.15) is 73.8 Å². The number of anilines is 1. The molecule has 0 spiro atoms. The van der Waals surface area contributed by atoms with Crippen LogP contribution in [0.25, 0.3) is 22.5 Å². The Labute approximate surface area is 317 Å². The van der Waals surface area contributed by atoms with Gasteiger partial charge in [-0.2, -0.15) is 13.2 Å². The summed E-state index contributed by atoms with van der Waals surface area (Å²) >= 11 is 0. The summed E-state index contributed by atoms with van der Waals surface area (Å²) in [6, 6.07) is 17.9. The van der Waals surface area contributed by atoms with E-state index in [1.807, 2.05) is 37.3 Å². The molecular formula is C40H45F3N6O6. The first-order chi connectivity index (χ1) is 26.0. The van der Waals surface area contributed by atoms with Crippen molar-refractivity contribution >= 4 is 29.6 Å². The predicted molar refractivity (Wildman–Crippen MR) is 199 cm³/mol. The molecule has 0 saturated heterocycles. The Balaban J connectivity index is 1.27. The van der Waals surface area contributed by atoms with Gasteiger partial charge in [-0.05, 0) is 118 Å². The van der Waals surface area contributed by atoms with Crippen LogP contribution in [0, 0.1) is 18.8 Å². The molecule has 1 fully saturated rings. The summed E-state index contributed by atoms with van der Waals surface area (Å²) in [4.78, 5) is 53.6. The number of alkyl halides is 3. The number of nitrogens with one attached hydrogen (secondary N) is 4. The van der Waals surface area contributed by atoms with Crippen LogP contribution in [-0.2, 0) is 31.7 Å². The average molecular weight is 763 g/mol. The van der Waals surface area contributed by atoms with Gasteiger partial charge >= 0.3 is 18.2 Å². The van der Waals surface area contributed by atoms with Crippen LogP contribution in [0.2, 0.25) is 0 Å². The predicted octanol–water partition coefficient (Wildman–Crippen LogP) is 7.25. The fourth-order valence-corrected chi connectivity index (χ4v) is 6.42. The van der Waals surface area contributed by atoms with E-state index in [9.17, 15) is 32.3 Å². The van der Waals surface area contributed by atoms with E-state index < -0.39 is 41.6 Å². The summed E-state index contributed by atoms with van der Waals surface area (Å²) in [7, 11) is 1.33. The third-order valence-electron chi connectivity index (χ3n) is 9.32. The molecule has 55 heavy (non-hydrogen) atoms. The zero-order valence-corrected chi connectivity index (χ0v) is 31.3. The third-order valence-corrected chi connectivity index (χ3v) is 9.32. The quantitative estimate of drug-likeness (QED) is 0.116. The summed E-state index contributed by atoms with van der Waals surface area (Å²) < 4.78 is 49.2. The topological polar surface area (TPSA) is 164 Å². The van der Waals surface area contributed by atoms with Gasteiger partial charge in [0.25, 0.3) is 0 Å². The molecule has 4 N–H and O–H groups in total. The number of esters is 1. The SMILES string of the molecule is COC(=O)c1ccc(-c2ccc(CC(NC(=O)[C@H]3CC[C@H](CNC(=O)OC(C)(C)C)CC3)C(=O)Nc3ccc(-c4nnc(C(F)(F)F)[nH]4)cc3)cc2)c(C)c1. The Morgan fingerprint density at radius 3 is 2.13 bits per heavy atom. The molecule has 1 aliphatic rings. The van der Waals surface area contributed by atoms with E-state index in [1.54, 1.807) is 32.9 Å². The van der Waals surface area contributed by atoms with Crippen molar-refractivity contribution in [1.82, 2.24) is 25.8 Å². The molecular weight excluding hydrogens is 717 g/mol. The number of ether oxygens (including phenoxy) is 2. The van der Waals surface area contributed by atoms with Crippen LogP contribution < -0.4 is 16.0 Å². The molecule has 1 unspecified atom stereocenters. The number of H-pyrrole nitrogens is 1. The number of carbonyl (C=O) groups excluding carboxylic acids is 4. The Hall–Kier alpha value is -5.73. The standard InChI is InChI=1S/C40H45F3N6O6/c1-23-20-29(36(52)54-5)16-19-31(23)26-10-6-24(7-11-26)21-32(46-34(50)28-12-8-25(9-13-28)22-44-38(53)55-39(2,3)4)35(51)45-30-17-14-27(15-18-30)33-47-37(49-48-33)40(41,42)43/h6-7,10-11,14-20,25,28,32H,8-9,12-13,21-22H2,1-5H3,(H,44,53)(H,45,51)(H,46,50)(H,47,48,49)/t25-,28-,32?. The molecule has 1 heterocycles. The normalized spacial score (nSPS) is 16.4. The van der Waals surface area contributed by atoms with Gasteiger partial charge in [0.05, 0.1) is 12.7 Å². The number of carbonyl (C=O) groups is 4. The lowest BCUT2D eigenvalue weighted by molar-refractivity contribution is -0.144. The van der Waals surface area contributed by atoms with E-state index in [4.69, 9.17) is 9.47 Å². The molecule has 15 heteroatoms. The van der Waals surface area contributed by atoms with Gasteiger partial charge in [0.1, 0.15) is 11.6 Å². The molecule has 292 valence electrons. The number of aromatic nitrogens is 3. The summed E-state index contributed by atoms with van der Waals surface area (Å²) in [5.74, 6) is -2.59. The van der Waals surface area contributed by atoms with Crippen molar-refractivity contribution in [2.45, 2.75) is 77.6 Å². The highest BCUT2D eigenvalue weighted by atomic mass is 19.4. The molecule has 0 radical (unpaired) electrons. The van der Waals surface area contributed by atoms with E-state index >= 15 is 0 Å². The second-order valence-corrected chi connectivity index (χ2v) is 14.7. The Morgan fingerprint density at radius 2 is 1.55 bits per heavy atom. The number of hydrogen-bond donors (Lipinski definition) is 4. The van der Waals surface area contributed by atoms with Crippen LogP contribution in [0.5, 0.6) is 0 Å². The largest absolute Gasteiger partial charge is 0.465 e. The highest BCUT2D eigenvalue weighted by Gasteiger charge is 2.35. The fraction of sp³-hybridized carbons (Fsp3) is 0.400. The molecule has 1 saturated carbocycles. The van der Waals surface area contributed by atoms with Crippen molar-refractivity contribution in [3.05, 3.63) is 89.2 Å². The average Bonchev–Trinajstić information content (AvgIpc) is 3.65. The monoisotopic (exact) mass is 762 g/mol. The summed E-state index contributed by atoms with van der Waals surface area (Å²) in [6.07, 6.45) is -2.38. The Morgan fingerprint density at radius 1 is 0.891 bits per heavy atom. The molecule has 1 atom stereocenters. The molecule has 4 aromatic rings. The third kappa shape index (κ3) is 11.2. The maximum absolute atomic E-state index is 13.8. The molecule has 3 aromatic carbocycles. The number of benzene rings is 3. The zero-order valence-electron chi connectivity index (χ0n) is 31.3. The van der Waals surface area contributed by atoms with E-state index in [0.29, 0.717) is 49.0 Å². The first-order valence-corrected chi connectivity index (χ1v) is 18.0. The number of aromatic amines is 1.